The lowest BCUT2D eigenvalue weighted by atomic mass is 10.1. The van der Waals surface area contributed by atoms with Gasteiger partial charge in [-0.05, 0) is 29.8 Å². The predicted octanol–water partition coefficient (Wildman–Crippen LogP) is 3.50. The van der Waals surface area contributed by atoms with Crippen LogP contribution < -0.4 is 16.0 Å². The number of benzene rings is 2. The van der Waals surface area contributed by atoms with Crippen molar-refractivity contribution in [1.82, 2.24) is 4.98 Å². The first kappa shape index (κ1) is 14.2. The fraction of sp³-hybridized carbons (Fsp3) is 0.167. The molecule has 0 amide bonds. The molecule has 0 bridgehead atoms. The summed E-state index contributed by atoms with van der Waals surface area (Å²) in [6.45, 7) is 0.731. The van der Waals surface area contributed by atoms with Crippen molar-refractivity contribution in [3.63, 3.8) is 0 Å². The SMILES string of the molecule is CN(C)c1ccc(CNc2nccc3c(N)cccc23)cc1. The molecule has 1 heterocycles. The number of hydrogen-bond acceptors (Lipinski definition) is 4. The summed E-state index contributed by atoms with van der Waals surface area (Å²) in [6, 6.07) is 16.3. The van der Waals surface area contributed by atoms with Gasteiger partial charge in [-0.15, -0.1) is 0 Å². The standard InChI is InChI=1S/C18H20N4/c1-22(2)14-8-6-13(7-9-14)12-21-18-16-4-3-5-17(19)15(16)10-11-20-18/h3-11H,12,19H2,1-2H3,(H,20,21). The van der Waals surface area contributed by atoms with Crippen molar-refractivity contribution in [2.75, 3.05) is 30.0 Å². The average Bonchev–Trinajstić information content (AvgIpc) is 2.54. The number of anilines is 3. The van der Waals surface area contributed by atoms with E-state index in [1.54, 1.807) is 6.20 Å². The Kier molecular flexibility index (Phi) is 3.83. The van der Waals surface area contributed by atoms with Crippen LogP contribution in [0.15, 0.2) is 54.7 Å². The minimum atomic E-state index is 0.731. The van der Waals surface area contributed by atoms with Crippen molar-refractivity contribution in [3.05, 3.63) is 60.3 Å². The lowest BCUT2D eigenvalue weighted by Crippen LogP contribution is -2.08. The van der Waals surface area contributed by atoms with E-state index in [4.69, 9.17) is 5.73 Å². The number of rotatable bonds is 4. The van der Waals surface area contributed by atoms with Crippen LogP contribution >= 0.6 is 0 Å². The summed E-state index contributed by atoms with van der Waals surface area (Å²) < 4.78 is 0. The van der Waals surface area contributed by atoms with Crippen LogP contribution in [-0.4, -0.2) is 19.1 Å². The molecular formula is C18H20N4. The van der Waals surface area contributed by atoms with Gasteiger partial charge < -0.3 is 16.0 Å². The van der Waals surface area contributed by atoms with Gasteiger partial charge in [-0.2, -0.15) is 0 Å². The molecule has 2 aromatic carbocycles. The van der Waals surface area contributed by atoms with Gasteiger partial charge in [0.2, 0.25) is 0 Å². The minimum Gasteiger partial charge on any atom is -0.398 e. The van der Waals surface area contributed by atoms with Crippen molar-refractivity contribution >= 4 is 28.0 Å². The molecule has 0 saturated heterocycles. The smallest absolute Gasteiger partial charge is 0.134 e. The first-order valence-electron chi connectivity index (χ1n) is 7.28. The van der Waals surface area contributed by atoms with E-state index in [0.717, 1.165) is 28.8 Å². The molecule has 0 radical (unpaired) electrons. The van der Waals surface area contributed by atoms with E-state index in [9.17, 15) is 0 Å². The van der Waals surface area contributed by atoms with Crippen molar-refractivity contribution in [1.29, 1.82) is 0 Å². The molecule has 4 nitrogen and oxygen atoms in total. The highest BCUT2D eigenvalue weighted by atomic mass is 15.1. The second kappa shape index (κ2) is 5.93. The molecule has 0 saturated carbocycles. The van der Waals surface area contributed by atoms with E-state index in [2.05, 4.69) is 39.5 Å². The van der Waals surface area contributed by atoms with Crippen LogP contribution in [0.25, 0.3) is 10.8 Å². The molecule has 0 fully saturated rings. The summed E-state index contributed by atoms with van der Waals surface area (Å²) in [5.74, 6) is 0.862. The highest BCUT2D eigenvalue weighted by molar-refractivity contribution is 5.99. The van der Waals surface area contributed by atoms with Gasteiger partial charge in [0.25, 0.3) is 0 Å². The predicted molar refractivity (Wildman–Crippen MR) is 94.3 cm³/mol. The van der Waals surface area contributed by atoms with E-state index in [0.29, 0.717) is 0 Å². The maximum Gasteiger partial charge on any atom is 0.134 e. The van der Waals surface area contributed by atoms with E-state index in [1.807, 2.05) is 38.4 Å². The number of pyridine rings is 1. The molecule has 0 aliphatic heterocycles. The summed E-state index contributed by atoms with van der Waals surface area (Å²) in [6.07, 6.45) is 1.79. The molecule has 0 unspecified atom stereocenters. The summed E-state index contributed by atoms with van der Waals surface area (Å²) in [4.78, 5) is 6.52. The molecule has 0 atom stereocenters. The Balaban J connectivity index is 1.81. The Bertz CT molecular complexity index is 779. The van der Waals surface area contributed by atoms with Crippen LogP contribution in [0.1, 0.15) is 5.56 Å². The molecule has 22 heavy (non-hydrogen) atoms. The first-order valence-corrected chi connectivity index (χ1v) is 7.28. The fourth-order valence-electron chi connectivity index (χ4n) is 2.47. The van der Waals surface area contributed by atoms with Gasteiger partial charge in [-0.25, -0.2) is 4.98 Å². The Morgan fingerprint density at radius 3 is 2.50 bits per heavy atom. The third kappa shape index (κ3) is 2.81. The van der Waals surface area contributed by atoms with Crippen LogP contribution in [0.3, 0.4) is 0 Å². The van der Waals surface area contributed by atoms with Gasteiger partial charge in [-0.1, -0.05) is 24.3 Å². The van der Waals surface area contributed by atoms with E-state index >= 15 is 0 Å². The summed E-state index contributed by atoms with van der Waals surface area (Å²) >= 11 is 0. The molecule has 4 heteroatoms. The van der Waals surface area contributed by atoms with Crippen molar-refractivity contribution < 1.29 is 0 Å². The quantitative estimate of drug-likeness (QED) is 0.723. The Labute approximate surface area is 130 Å². The largest absolute Gasteiger partial charge is 0.398 e. The summed E-state index contributed by atoms with van der Waals surface area (Å²) in [5.41, 5.74) is 9.20. The molecule has 0 aliphatic rings. The number of nitrogens with one attached hydrogen (secondary N) is 1. The zero-order chi connectivity index (χ0) is 15.5. The van der Waals surface area contributed by atoms with Gasteiger partial charge in [0, 0.05) is 49.0 Å². The fourth-order valence-corrected chi connectivity index (χ4v) is 2.47. The zero-order valence-corrected chi connectivity index (χ0v) is 12.9. The lowest BCUT2D eigenvalue weighted by Gasteiger charge is -2.13. The van der Waals surface area contributed by atoms with Crippen molar-refractivity contribution in [3.8, 4) is 0 Å². The average molecular weight is 292 g/mol. The molecule has 0 spiro atoms. The van der Waals surface area contributed by atoms with Crippen LogP contribution in [-0.2, 0) is 6.54 Å². The number of fused-ring (bicyclic) bond motifs is 1. The number of nitrogens with two attached hydrogens (primary N) is 1. The summed E-state index contributed by atoms with van der Waals surface area (Å²) in [5, 5.41) is 5.48. The zero-order valence-electron chi connectivity index (χ0n) is 12.9. The monoisotopic (exact) mass is 292 g/mol. The Morgan fingerprint density at radius 1 is 1.00 bits per heavy atom. The number of nitrogen functional groups attached to an aromatic ring is 1. The van der Waals surface area contributed by atoms with Gasteiger partial charge in [0.05, 0.1) is 0 Å². The number of hydrogen-bond donors (Lipinski definition) is 2. The molecular weight excluding hydrogens is 272 g/mol. The van der Waals surface area contributed by atoms with Crippen molar-refractivity contribution in [2.45, 2.75) is 6.54 Å². The van der Waals surface area contributed by atoms with Crippen molar-refractivity contribution in [2.24, 2.45) is 0 Å². The van der Waals surface area contributed by atoms with Crippen LogP contribution in [0.4, 0.5) is 17.2 Å². The van der Waals surface area contributed by atoms with Gasteiger partial charge in [-0.3, -0.25) is 0 Å². The second-order valence-corrected chi connectivity index (χ2v) is 5.52. The summed E-state index contributed by atoms with van der Waals surface area (Å²) in [7, 11) is 4.08. The molecule has 3 rings (SSSR count). The second-order valence-electron chi connectivity index (χ2n) is 5.52. The third-order valence-corrected chi connectivity index (χ3v) is 3.75. The normalized spacial score (nSPS) is 10.6. The Morgan fingerprint density at radius 2 is 1.77 bits per heavy atom. The molecule has 1 aromatic heterocycles. The highest BCUT2D eigenvalue weighted by Gasteiger charge is 2.04. The van der Waals surface area contributed by atoms with Gasteiger partial charge in [0.15, 0.2) is 0 Å². The molecule has 3 aromatic rings. The number of nitrogens with zero attached hydrogens (tertiary/aromatic N) is 2. The minimum absolute atomic E-state index is 0.731. The maximum absolute atomic E-state index is 6.02. The van der Waals surface area contributed by atoms with Crippen LogP contribution in [0, 0.1) is 0 Å². The third-order valence-electron chi connectivity index (χ3n) is 3.75. The van der Waals surface area contributed by atoms with E-state index < -0.39 is 0 Å². The van der Waals surface area contributed by atoms with E-state index in [1.165, 1.54) is 11.3 Å². The van der Waals surface area contributed by atoms with Gasteiger partial charge >= 0.3 is 0 Å². The lowest BCUT2D eigenvalue weighted by molar-refractivity contribution is 1.10. The number of aromatic nitrogens is 1. The van der Waals surface area contributed by atoms with E-state index in [-0.39, 0.29) is 0 Å². The molecule has 112 valence electrons. The highest BCUT2D eigenvalue weighted by Crippen LogP contribution is 2.26. The first-order chi connectivity index (χ1) is 10.6. The van der Waals surface area contributed by atoms with Crippen LogP contribution in [0.2, 0.25) is 0 Å². The molecule has 0 aliphatic carbocycles. The molecule has 3 N–H and O–H groups in total. The van der Waals surface area contributed by atoms with Gasteiger partial charge in [0.1, 0.15) is 5.82 Å². The maximum atomic E-state index is 6.02. The topological polar surface area (TPSA) is 54.2 Å². The van der Waals surface area contributed by atoms with Crippen LogP contribution in [0.5, 0.6) is 0 Å². The Hall–Kier alpha value is -2.75.